The summed E-state index contributed by atoms with van der Waals surface area (Å²) in [5.41, 5.74) is 1.46. The maximum atomic E-state index is 9.80. The van der Waals surface area contributed by atoms with Crippen LogP contribution >= 0.6 is 27.5 Å². The molecule has 0 amide bonds. The zero-order valence-corrected chi connectivity index (χ0v) is 12.5. The summed E-state index contributed by atoms with van der Waals surface area (Å²) in [6.45, 7) is 1.89. The second kappa shape index (κ2) is 5.72. The van der Waals surface area contributed by atoms with Crippen molar-refractivity contribution in [3.05, 3.63) is 51.5 Å². The summed E-state index contributed by atoms with van der Waals surface area (Å²) in [5, 5.41) is 23.1. The van der Waals surface area contributed by atoms with Crippen molar-refractivity contribution < 1.29 is 10.2 Å². The normalized spacial score (nSPS) is 12.2. The van der Waals surface area contributed by atoms with Gasteiger partial charge in [-0.05, 0) is 59.3 Å². The van der Waals surface area contributed by atoms with E-state index in [4.69, 9.17) is 11.6 Å². The van der Waals surface area contributed by atoms with Crippen molar-refractivity contribution in [2.24, 2.45) is 0 Å². The van der Waals surface area contributed by atoms with Crippen LogP contribution in [0.5, 0.6) is 11.5 Å². The third kappa shape index (κ3) is 3.33. The molecule has 0 aliphatic rings. The first-order valence-electron chi connectivity index (χ1n) is 5.71. The van der Waals surface area contributed by atoms with Crippen LogP contribution in [0, 0.1) is 0 Å². The number of anilines is 1. The fourth-order valence-corrected chi connectivity index (χ4v) is 2.23. The highest BCUT2D eigenvalue weighted by Crippen LogP contribution is 2.32. The highest BCUT2D eigenvalue weighted by atomic mass is 79.9. The topological polar surface area (TPSA) is 52.5 Å². The molecule has 0 aliphatic heterocycles. The van der Waals surface area contributed by atoms with E-state index in [0.717, 1.165) is 10.2 Å². The van der Waals surface area contributed by atoms with Crippen LogP contribution < -0.4 is 5.32 Å². The smallest absolute Gasteiger partial charge is 0.121 e. The molecule has 0 fully saturated rings. The minimum absolute atomic E-state index is 0.121. The van der Waals surface area contributed by atoms with Gasteiger partial charge in [0, 0.05) is 15.7 Å². The van der Waals surface area contributed by atoms with Gasteiger partial charge >= 0.3 is 0 Å². The van der Waals surface area contributed by atoms with E-state index in [-0.39, 0.29) is 17.5 Å². The van der Waals surface area contributed by atoms with Gasteiger partial charge in [0.05, 0.1) is 11.1 Å². The summed E-state index contributed by atoms with van der Waals surface area (Å²) in [6, 6.07) is 9.81. The van der Waals surface area contributed by atoms with E-state index in [2.05, 4.69) is 21.2 Å². The molecule has 1 atom stereocenters. The Hall–Kier alpha value is -1.39. The molecule has 0 saturated carbocycles. The number of benzene rings is 2. The second-order valence-electron chi connectivity index (χ2n) is 4.24. The van der Waals surface area contributed by atoms with Crippen molar-refractivity contribution in [2.45, 2.75) is 13.0 Å². The first-order valence-corrected chi connectivity index (χ1v) is 6.88. The van der Waals surface area contributed by atoms with Gasteiger partial charge in [-0.1, -0.05) is 11.6 Å². The van der Waals surface area contributed by atoms with E-state index in [9.17, 15) is 10.2 Å². The average molecular weight is 343 g/mol. The molecule has 0 saturated heterocycles. The molecular weight excluding hydrogens is 330 g/mol. The van der Waals surface area contributed by atoms with Crippen molar-refractivity contribution in [2.75, 3.05) is 5.32 Å². The second-order valence-corrected chi connectivity index (χ2v) is 5.50. The van der Waals surface area contributed by atoms with E-state index in [1.807, 2.05) is 19.1 Å². The van der Waals surface area contributed by atoms with Gasteiger partial charge < -0.3 is 15.5 Å². The van der Waals surface area contributed by atoms with Crippen LogP contribution in [0.1, 0.15) is 18.5 Å². The van der Waals surface area contributed by atoms with Crippen molar-refractivity contribution in [3.8, 4) is 11.5 Å². The van der Waals surface area contributed by atoms with Crippen molar-refractivity contribution in [1.82, 2.24) is 0 Å². The largest absolute Gasteiger partial charge is 0.508 e. The van der Waals surface area contributed by atoms with Gasteiger partial charge in [0.15, 0.2) is 0 Å². The molecule has 2 aromatic carbocycles. The van der Waals surface area contributed by atoms with Crippen LogP contribution in [0.25, 0.3) is 0 Å². The third-order valence-corrected chi connectivity index (χ3v) is 4.01. The summed E-state index contributed by atoms with van der Waals surface area (Å²) < 4.78 is 0.826. The first kappa shape index (κ1) is 14.0. The van der Waals surface area contributed by atoms with E-state index in [0.29, 0.717) is 10.6 Å². The summed E-state index contributed by atoms with van der Waals surface area (Å²) in [5.74, 6) is 0.260. The maximum Gasteiger partial charge on any atom is 0.121 e. The lowest BCUT2D eigenvalue weighted by Gasteiger charge is -2.17. The molecule has 1 unspecified atom stereocenters. The zero-order valence-electron chi connectivity index (χ0n) is 10.2. The summed E-state index contributed by atoms with van der Waals surface area (Å²) in [4.78, 5) is 0. The van der Waals surface area contributed by atoms with Gasteiger partial charge in [0.25, 0.3) is 0 Å². The number of hydrogen-bond acceptors (Lipinski definition) is 3. The van der Waals surface area contributed by atoms with Crippen molar-refractivity contribution >= 4 is 33.2 Å². The van der Waals surface area contributed by atoms with Gasteiger partial charge in [-0.25, -0.2) is 0 Å². The quantitative estimate of drug-likeness (QED) is 0.709. The molecule has 0 bridgehead atoms. The molecule has 0 aliphatic carbocycles. The molecule has 0 heterocycles. The third-order valence-electron chi connectivity index (χ3n) is 2.78. The minimum atomic E-state index is -0.163. The molecule has 5 heteroatoms. The van der Waals surface area contributed by atoms with E-state index in [1.54, 1.807) is 6.07 Å². The monoisotopic (exact) mass is 341 g/mol. The molecule has 0 aromatic heterocycles. The summed E-state index contributed by atoms with van der Waals surface area (Å²) in [7, 11) is 0. The molecule has 100 valence electrons. The Labute approximate surface area is 125 Å². The Bertz CT molecular complexity index is 604. The number of rotatable bonds is 3. The number of phenolic OH excluding ortho intramolecular Hbond substituents is 2. The Morgan fingerprint density at radius 1 is 1.16 bits per heavy atom. The Kier molecular flexibility index (Phi) is 4.22. The fraction of sp³-hybridized carbons (Fsp3) is 0.143. The highest BCUT2D eigenvalue weighted by Gasteiger charge is 2.11. The molecule has 19 heavy (non-hydrogen) atoms. The number of phenols is 2. The Balaban J connectivity index is 2.22. The minimum Gasteiger partial charge on any atom is -0.508 e. The van der Waals surface area contributed by atoms with Crippen LogP contribution in [0.3, 0.4) is 0 Å². The lowest BCUT2D eigenvalue weighted by Crippen LogP contribution is -2.06. The van der Waals surface area contributed by atoms with Crippen LogP contribution in [0.4, 0.5) is 5.69 Å². The van der Waals surface area contributed by atoms with Crippen LogP contribution in [0.2, 0.25) is 5.02 Å². The van der Waals surface area contributed by atoms with Crippen molar-refractivity contribution in [3.63, 3.8) is 0 Å². The van der Waals surface area contributed by atoms with E-state index in [1.165, 1.54) is 18.2 Å². The molecular formula is C14H13BrClNO2. The van der Waals surface area contributed by atoms with Gasteiger partial charge in [-0.3, -0.25) is 0 Å². The van der Waals surface area contributed by atoms with Crippen LogP contribution in [-0.4, -0.2) is 10.2 Å². The highest BCUT2D eigenvalue weighted by molar-refractivity contribution is 9.10. The number of halogens is 2. The summed E-state index contributed by atoms with van der Waals surface area (Å²) >= 11 is 9.35. The zero-order chi connectivity index (χ0) is 14.0. The number of aromatic hydroxyl groups is 2. The lowest BCUT2D eigenvalue weighted by molar-refractivity contribution is 0.451. The molecule has 2 aromatic rings. The Morgan fingerprint density at radius 2 is 1.89 bits per heavy atom. The average Bonchev–Trinajstić information content (AvgIpc) is 2.36. The van der Waals surface area contributed by atoms with Crippen molar-refractivity contribution in [1.29, 1.82) is 0 Å². The van der Waals surface area contributed by atoms with Gasteiger partial charge in [-0.2, -0.15) is 0 Å². The van der Waals surface area contributed by atoms with E-state index >= 15 is 0 Å². The molecule has 0 spiro atoms. The van der Waals surface area contributed by atoms with Gasteiger partial charge in [-0.15, -0.1) is 0 Å². The maximum absolute atomic E-state index is 9.80. The predicted molar refractivity (Wildman–Crippen MR) is 81.0 cm³/mol. The first-order chi connectivity index (χ1) is 8.97. The standard InChI is InChI=1S/C14H13BrClNO2/c1-8(11-7-10(18)3-5-14(11)19)17-9-2-4-12(15)13(16)6-9/h2-8,17-19H,1H3. The number of nitrogens with one attached hydrogen (secondary N) is 1. The molecule has 3 nitrogen and oxygen atoms in total. The lowest BCUT2D eigenvalue weighted by atomic mass is 10.1. The fourth-order valence-electron chi connectivity index (χ4n) is 1.80. The predicted octanol–water partition coefficient (Wildman–Crippen LogP) is 4.69. The molecule has 2 rings (SSSR count). The SMILES string of the molecule is CC(Nc1ccc(Br)c(Cl)c1)c1cc(O)ccc1O. The molecule has 0 radical (unpaired) electrons. The van der Waals surface area contributed by atoms with Gasteiger partial charge in [0.1, 0.15) is 11.5 Å². The van der Waals surface area contributed by atoms with E-state index < -0.39 is 0 Å². The van der Waals surface area contributed by atoms with Crippen LogP contribution in [0.15, 0.2) is 40.9 Å². The van der Waals surface area contributed by atoms with Crippen LogP contribution in [-0.2, 0) is 0 Å². The Morgan fingerprint density at radius 3 is 2.58 bits per heavy atom. The summed E-state index contributed by atoms with van der Waals surface area (Å²) in [6.07, 6.45) is 0. The van der Waals surface area contributed by atoms with Gasteiger partial charge in [0.2, 0.25) is 0 Å². The molecule has 3 N–H and O–H groups in total. The number of hydrogen-bond donors (Lipinski definition) is 3.